The van der Waals surface area contributed by atoms with E-state index >= 15 is 0 Å². The smallest absolute Gasteiger partial charge is 0.0279 e. The first-order valence-corrected chi connectivity index (χ1v) is 5.01. The molecule has 0 unspecified atom stereocenters. The van der Waals surface area contributed by atoms with Crippen LogP contribution in [0.4, 0.5) is 0 Å². The molecule has 2 aromatic heterocycles. The van der Waals surface area contributed by atoms with Crippen molar-refractivity contribution in [3.63, 3.8) is 0 Å². The molecule has 0 amide bonds. The molecule has 0 aliphatic heterocycles. The van der Waals surface area contributed by atoms with E-state index in [4.69, 9.17) is 0 Å². The topological polar surface area (TPSA) is 25.8 Å². The van der Waals surface area contributed by atoms with E-state index in [1.165, 1.54) is 11.1 Å². The Morgan fingerprint density at radius 3 is 1.76 bits per heavy atom. The Morgan fingerprint density at radius 1 is 1.00 bits per heavy atom. The summed E-state index contributed by atoms with van der Waals surface area (Å²) in [4.78, 5) is 8.28. The molecular formula is C14H17N2Y-. The Kier molecular flexibility index (Phi) is 8.19. The molecule has 0 bridgehead atoms. The summed E-state index contributed by atoms with van der Waals surface area (Å²) in [5.41, 5.74) is 2.40. The first-order chi connectivity index (χ1) is 7.42. The van der Waals surface area contributed by atoms with Crippen molar-refractivity contribution >= 4 is 0 Å². The summed E-state index contributed by atoms with van der Waals surface area (Å²) >= 11 is 0. The molecule has 0 saturated heterocycles. The quantitative estimate of drug-likeness (QED) is 0.811. The summed E-state index contributed by atoms with van der Waals surface area (Å²) in [5, 5.41) is 0. The van der Waals surface area contributed by atoms with Crippen LogP contribution in [0.3, 0.4) is 0 Å². The normalized spacial score (nSPS) is 9.29. The van der Waals surface area contributed by atoms with Gasteiger partial charge in [0.05, 0.1) is 0 Å². The van der Waals surface area contributed by atoms with E-state index in [0.29, 0.717) is 0 Å². The fourth-order valence-electron chi connectivity index (χ4n) is 1.70. The Morgan fingerprint density at radius 2 is 1.47 bits per heavy atom. The average Bonchev–Trinajstić information content (AvgIpc) is 2.33. The van der Waals surface area contributed by atoms with Crippen LogP contribution in [0.25, 0.3) is 0 Å². The van der Waals surface area contributed by atoms with Crippen LogP contribution >= 0.6 is 0 Å². The van der Waals surface area contributed by atoms with E-state index in [-0.39, 0.29) is 46.1 Å². The fourth-order valence-corrected chi connectivity index (χ4v) is 1.70. The monoisotopic (exact) mass is 302 g/mol. The largest absolute Gasteiger partial charge is 0.320 e. The number of aromatic nitrogens is 2. The van der Waals surface area contributed by atoms with Gasteiger partial charge in [0.25, 0.3) is 0 Å². The summed E-state index contributed by atoms with van der Waals surface area (Å²) in [7, 11) is 0. The molecular weight excluding hydrogens is 285 g/mol. The van der Waals surface area contributed by atoms with E-state index in [0.717, 1.165) is 0 Å². The first-order valence-electron chi connectivity index (χ1n) is 5.01. The maximum Gasteiger partial charge on any atom is 0.0279 e. The number of nitrogens with zero attached hydrogens (tertiary/aromatic N) is 2. The fraction of sp³-hybridized carbons (Fsp3) is 0.214. The van der Waals surface area contributed by atoms with Gasteiger partial charge in [-0.25, -0.2) is 0 Å². The Hall–Kier alpha value is -0.596. The zero-order valence-corrected chi connectivity index (χ0v) is 12.1. The number of hydrogen-bond acceptors (Lipinski definition) is 2. The van der Waals surface area contributed by atoms with Crippen LogP contribution in [0.5, 0.6) is 0 Å². The molecule has 0 atom stereocenters. The Labute approximate surface area is 129 Å². The van der Waals surface area contributed by atoms with Gasteiger partial charge >= 0.3 is 0 Å². The van der Waals surface area contributed by atoms with Crippen LogP contribution in [0, 0.1) is 6.42 Å². The number of rotatable bonds is 3. The van der Waals surface area contributed by atoms with Crippen molar-refractivity contribution in [2.75, 3.05) is 0 Å². The average molecular weight is 302 g/mol. The summed E-state index contributed by atoms with van der Waals surface area (Å²) < 4.78 is 0. The van der Waals surface area contributed by atoms with Gasteiger partial charge in [0, 0.05) is 57.5 Å². The van der Waals surface area contributed by atoms with Gasteiger partial charge in [0.15, 0.2) is 0 Å². The van der Waals surface area contributed by atoms with Gasteiger partial charge < -0.3 is 6.42 Å². The van der Waals surface area contributed by atoms with Crippen LogP contribution in [-0.2, 0) is 32.7 Å². The molecule has 0 fully saturated rings. The molecule has 2 nitrogen and oxygen atoms in total. The first kappa shape index (κ1) is 16.4. The third-order valence-electron chi connectivity index (χ3n) is 2.42. The summed E-state index contributed by atoms with van der Waals surface area (Å²) in [5.74, 6) is 0.285. The van der Waals surface area contributed by atoms with Crippen molar-refractivity contribution < 1.29 is 32.7 Å². The maximum absolute atomic E-state index is 4.14. The predicted molar refractivity (Wildman–Crippen MR) is 67.0 cm³/mol. The third-order valence-corrected chi connectivity index (χ3v) is 2.42. The molecule has 0 aliphatic carbocycles. The molecule has 0 N–H and O–H groups in total. The summed E-state index contributed by atoms with van der Waals surface area (Å²) in [6.45, 7) is 2.06. The van der Waals surface area contributed by atoms with Crippen LogP contribution < -0.4 is 0 Å². The van der Waals surface area contributed by atoms with Crippen molar-refractivity contribution in [1.29, 1.82) is 0 Å². The van der Waals surface area contributed by atoms with E-state index in [1.807, 2.05) is 24.5 Å². The molecule has 0 spiro atoms. The van der Waals surface area contributed by atoms with Gasteiger partial charge in [0.2, 0.25) is 0 Å². The van der Waals surface area contributed by atoms with E-state index in [2.05, 4.69) is 35.4 Å². The third kappa shape index (κ3) is 4.29. The van der Waals surface area contributed by atoms with Crippen LogP contribution in [0.2, 0.25) is 0 Å². The molecule has 0 aliphatic rings. The van der Waals surface area contributed by atoms with Crippen molar-refractivity contribution in [2.45, 2.75) is 20.3 Å². The van der Waals surface area contributed by atoms with E-state index in [1.54, 1.807) is 12.4 Å². The van der Waals surface area contributed by atoms with Crippen molar-refractivity contribution in [3.8, 4) is 0 Å². The SMILES string of the molecule is C.C[CH-]C(c1cccnc1)c1cccnc1.[Y]. The van der Waals surface area contributed by atoms with Gasteiger partial charge in [-0.3, -0.25) is 9.97 Å². The minimum atomic E-state index is 0. The molecule has 17 heavy (non-hydrogen) atoms. The number of pyridine rings is 2. The molecule has 2 heterocycles. The molecule has 0 saturated carbocycles. The van der Waals surface area contributed by atoms with E-state index < -0.39 is 0 Å². The molecule has 3 heteroatoms. The van der Waals surface area contributed by atoms with Crippen LogP contribution in [0.15, 0.2) is 49.1 Å². The minimum Gasteiger partial charge on any atom is -0.320 e. The molecule has 0 aromatic carbocycles. The van der Waals surface area contributed by atoms with Gasteiger partial charge in [0.1, 0.15) is 0 Å². The van der Waals surface area contributed by atoms with Crippen molar-refractivity contribution in [2.24, 2.45) is 0 Å². The molecule has 2 aromatic rings. The standard InChI is InChI=1S/C13H13N2.CH4.Y/c1-2-13(11-5-3-7-14-9-11)12-6-4-8-15-10-12;;/h2-10,13H,1H3;1H4;/q-1;;. The van der Waals surface area contributed by atoms with Gasteiger partial charge in [-0.2, -0.15) is 6.92 Å². The zero-order chi connectivity index (χ0) is 10.5. The Balaban J connectivity index is 0.00000128. The summed E-state index contributed by atoms with van der Waals surface area (Å²) in [6.07, 6.45) is 9.54. The van der Waals surface area contributed by atoms with Gasteiger partial charge in [-0.1, -0.05) is 30.7 Å². The number of hydrogen-bond donors (Lipinski definition) is 0. The van der Waals surface area contributed by atoms with Gasteiger partial charge in [-0.05, 0) is 12.1 Å². The zero-order valence-electron chi connectivity index (χ0n) is 9.25. The second-order valence-electron chi connectivity index (χ2n) is 3.38. The summed E-state index contributed by atoms with van der Waals surface area (Å²) in [6, 6.07) is 8.10. The molecule has 1 radical (unpaired) electrons. The second kappa shape index (κ2) is 8.49. The van der Waals surface area contributed by atoms with Crippen molar-refractivity contribution in [3.05, 3.63) is 66.6 Å². The van der Waals surface area contributed by atoms with Crippen molar-refractivity contribution in [1.82, 2.24) is 9.97 Å². The van der Waals surface area contributed by atoms with Crippen LogP contribution in [-0.4, -0.2) is 9.97 Å². The maximum atomic E-state index is 4.14. The molecule has 87 valence electrons. The minimum absolute atomic E-state index is 0. The molecule has 2 rings (SSSR count). The predicted octanol–water partition coefficient (Wildman–Crippen LogP) is 3.47. The second-order valence-corrected chi connectivity index (χ2v) is 3.38. The van der Waals surface area contributed by atoms with Crippen LogP contribution in [0.1, 0.15) is 31.4 Å². The Bertz CT molecular complexity index is 364. The van der Waals surface area contributed by atoms with Gasteiger partial charge in [-0.15, -0.1) is 5.92 Å². The van der Waals surface area contributed by atoms with E-state index in [9.17, 15) is 0 Å².